The number of esters is 1. The molecule has 0 atom stereocenters. The zero-order valence-electron chi connectivity index (χ0n) is 17.0. The largest absolute Gasteiger partial charge is 0.452 e. The SMILES string of the molecule is CC(C)(C)OC(=O)n1cc(-c2cc3c(cn2)C(=O)OC(C)(C)O3)c2ccccc21. The maximum Gasteiger partial charge on any atom is 0.419 e. The first-order chi connectivity index (χ1) is 13.5. The second-order valence-corrected chi connectivity index (χ2v) is 8.37. The Morgan fingerprint density at radius 2 is 1.86 bits per heavy atom. The maximum atomic E-state index is 12.7. The molecular weight excluding hydrogens is 372 g/mol. The normalized spacial score (nSPS) is 15.4. The molecule has 2 aromatic heterocycles. The summed E-state index contributed by atoms with van der Waals surface area (Å²) in [6.45, 7) is 8.80. The number of para-hydroxylation sites is 1. The third kappa shape index (κ3) is 3.55. The number of fused-ring (bicyclic) bond motifs is 2. The Labute approximate surface area is 168 Å². The molecule has 7 heteroatoms. The summed E-state index contributed by atoms with van der Waals surface area (Å²) in [5, 5.41) is 0.837. The van der Waals surface area contributed by atoms with Crippen LogP contribution in [0.25, 0.3) is 22.2 Å². The molecule has 1 aromatic carbocycles. The number of aromatic nitrogens is 2. The number of carbonyl (C=O) groups excluding carboxylic acids is 2. The van der Waals surface area contributed by atoms with Gasteiger partial charge in [0.15, 0.2) is 0 Å². The number of nitrogens with zero attached hydrogens (tertiary/aromatic N) is 2. The van der Waals surface area contributed by atoms with Crippen LogP contribution in [0, 0.1) is 0 Å². The van der Waals surface area contributed by atoms with Gasteiger partial charge in [-0.1, -0.05) is 18.2 Å². The number of ether oxygens (including phenoxy) is 3. The zero-order valence-corrected chi connectivity index (χ0v) is 17.0. The zero-order chi connectivity index (χ0) is 21.0. The summed E-state index contributed by atoms with van der Waals surface area (Å²) < 4.78 is 18.0. The first-order valence-electron chi connectivity index (χ1n) is 9.30. The number of hydrogen-bond acceptors (Lipinski definition) is 6. The quantitative estimate of drug-likeness (QED) is 0.553. The molecule has 0 saturated heterocycles. The topological polar surface area (TPSA) is 79.7 Å². The molecule has 1 aliphatic heterocycles. The number of pyridine rings is 1. The molecule has 0 saturated carbocycles. The van der Waals surface area contributed by atoms with Crippen molar-refractivity contribution in [2.24, 2.45) is 0 Å². The smallest absolute Gasteiger partial charge is 0.419 e. The lowest BCUT2D eigenvalue weighted by molar-refractivity contribution is -0.127. The van der Waals surface area contributed by atoms with E-state index in [4.69, 9.17) is 14.2 Å². The van der Waals surface area contributed by atoms with Crippen molar-refractivity contribution < 1.29 is 23.8 Å². The Bertz CT molecular complexity index is 1140. The van der Waals surface area contributed by atoms with Crippen LogP contribution in [-0.2, 0) is 9.47 Å². The molecule has 1 aliphatic rings. The van der Waals surface area contributed by atoms with Gasteiger partial charge in [0.1, 0.15) is 16.9 Å². The molecule has 0 unspecified atom stereocenters. The highest BCUT2D eigenvalue weighted by Crippen LogP contribution is 2.36. The van der Waals surface area contributed by atoms with Crippen LogP contribution in [0.4, 0.5) is 4.79 Å². The highest BCUT2D eigenvalue weighted by Gasteiger charge is 2.34. The van der Waals surface area contributed by atoms with Gasteiger partial charge in [-0.3, -0.25) is 9.55 Å². The molecule has 4 rings (SSSR count). The molecule has 0 fully saturated rings. The number of benzene rings is 1. The Kier molecular flexibility index (Phi) is 4.15. The second kappa shape index (κ2) is 6.34. The lowest BCUT2D eigenvalue weighted by atomic mass is 10.1. The Balaban J connectivity index is 1.84. The van der Waals surface area contributed by atoms with E-state index >= 15 is 0 Å². The standard InChI is InChI=1S/C22H22N2O5/c1-21(2,3)29-20(26)24-12-15(13-8-6-7-9-17(13)24)16-10-18-14(11-23-16)19(25)28-22(4,5)27-18/h6-12H,1-5H3. The van der Waals surface area contributed by atoms with E-state index in [1.54, 1.807) is 26.1 Å². The van der Waals surface area contributed by atoms with Crippen LogP contribution in [0.3, 0.4) is 0 Å². The first-order valence-corrected chi connectivity index (χ1v) is 9.30. The van der Waals surface area contributed by atoms with E-state index in [9.17, 15) is 9.59 Å². The molecule has 0 aliphatic carbocycles. The van der Waals surface area contributed by atoms with E-state index in [0.717, 1.165) is 10.9 Å². The van der Waals surface area contributed by atoms with Crippen molar-refractivity contribution >= 4 is 23.0 Å². The fourth-order valence-electron chi connectivity index (χ4n) is 3.23. The van der Waals surface area contributed by atoms with Gasteiger partial charge in [-0.25, -0.2) is 9.59 Å². The Morgan fingerprint density at radius 3 is 2.59 bits per heavy atom. The fourth-order valence-corrected chi connectivity index (χ4v) is 3.23. The molecule has 0 spiro atoms. The minimum absolute atomic E-state index is 0.268. The molecular formula is C22H22N2O5. The molecule has 29 heavy (non-hydrogen) atoms. The molecule has 0 N–H and O–H groups in total. The lowest BCUT2D eigenvalue weighted by Crippen LogP contribution is -2.38. The van der Waals surface area contributed by atoms with E-state index in [2.05, 4.69) is 4.98 Å². The van der Waals surface area contributed by atoms with Gasteiger partial charge in [-0.15, -0.1) is 0 Å². The molecule has 150 valence electrons. The van der Waals surface area contributed by atoms with E-state index in [0.29, 0.717) is 17.0 Å². The van der Waals surface area contributed by atoms with E-state index in [1.807, 2.05) is 45.0 Å². The van der Waals surface area contributed by atoms with Gasteiger partial charge in [0.2, 0.25) is 5.79 Å². The predicted molar refractivity (Wildman–Crippen MR) is 107 cm³/mol. The maximum absolute atomic E-state index is 12.7. The highest BCUT2D eigenvalue weighted by molar-refractivity contribution is 6.01. The van der Waals surface area contributed by atoms with Crippen LogP contribution < -0.4 is 4.74 Å². The minimum Gasteiger partial charge on any atom is -0.452 e. The summed E-state index contributed by atoms with van der Waals surface area (Å²) in [4.78, 5) is 29.3. The number of rotatable bonds is 1. The Hall–Kier alpha value is -3.35. The van der Waals surface area contributed by atoms with Crippen molar-refractivity contribution in [1.82, 2.24) is 9.55 Å². The summed E-state index contributed by atoms with van der Waals surface area (Å²) >= 11 is 0. The van der Waals surface area contributed by atoms with Crippen molar-refractivity contribution in [2.75, 3.05) is 0 Å². The first kappa shape index (κ1) is 19.0. The molecule has 7 nitrogen and oxygen atoms in total. The van der Waals surface area contributed by atoms with E-state index < -0.39 is 23.5 Å². The van der Waals surface area contributed by atoms with Crippen LogP contribution in [-0.4, -0.2) is 33.0 Å². The van der Waals surface area contributed by atoms with Crippen molar-refractivity contribution in [3.63, 3.8) is 0 Å². The van der Waals surface area contributed by atoms with Gasteiger partial charge in [-0.2, -0.15) is 0 Å². The number of carbonyl (C=O) groups is 2. The van der Waals surface area contributed by atoms with Gasteiger partial charge in [-0.05, 0) is 26.8 Å². The van der Waals surface area contributed by atoms with Gasteiger partial charge in [0.05, 0.1) is 11.2 Å². The van der Waals surface area contributed by atoms with Crippen LogP contribution in [0.15, 0.2) is 42.7 Å². The van der Waals surface area contributed by atoms with Crippen molar-refractivity contribution in [1.29, 1.82) is 0 Å². The lowest BCUT2D eigenvalue weighted by Gasteiger charge is -2.31. The second-order valence-electron chi connectivity index (χ2n) is 8.37. The van der Waals surface area contributed by atoms with Gasteiger partial charge in [0.25, 0.3) is 0 Å². The minimum atomic E-state index is -1.06. The summed E-state index contributed by atoms with van der Waals surface area (Å²) in [5.74, 6) is -1.15. The fraction of sp³-hybridized carbons (Fsp3) is 0.318. The summed E-state index contributed by atoms with van der Waals surface area (Å²) in [7, 11) is 0. The van der Waals surface area contributed by atoms with Crippen LogP contribution in [0.5, 0.6) is 5.75 Å². The van der Waals surface area contributed by atoms with Gasteiger partial charge >= 0.3 is 12.1 Å². The average molecular weight is 394 g/mol. The van der Waals surface area contributed by atoms with Crippen molar-refractivity contribution in [2.45, 2.75) is 46.0 Å². The molecule has 3 aromatic rings. The molecule has 3 heterocycles. The van der Waals surface area contributed by atoms with E-state index in [-0.39, 0.29) is 5.56 Å². The van der Waals surface area contributed by atoms with Crippen LogP contribution in [0.2, 0.25) is 0 Å². The third-order valence-corrected chi connectivity index (χ3v) is 4.36. The summed E-state index contributed by atoms with van der Waals surface area (Å²) in [5.41, 5.74) is 1.66. The van der Waals surface area contributed by atoms with Crippen LogP contribution >= 0.6 is 0 Å². The van der Waals surface area contributed by atoms with Gasteiger partial charge < -0.3 is 14.2 Å². The van der Waals surface area contributed by atoms with Crippen LogP contribution in [0.1, 0.15) is 45.0 Å². The van der Waals surface area contributed by atoms with Crippen molar-refractivity contribution in [3.05, 3.63) is 48.3 Å². The number of hydrogen-bond donors (Lipinski definition) is 0. The summed E-state index contributed by atoms with van der Waals surface area (Å²) in [6.07, 6.45) is 2.65. The molecule has 0 radical (unpaired) electrons. The monoisotopic (exact) mass is 394 g/mol. The highest BCUT2D eigenvalue weighted by atomic mass is 16.7. The summed E-state index contributed by atoms with van der Waals surface area (Å²) in [6, 6.07) is 9.19. The average Bonchev–Trinajstić information content (AvgIpc) is 2.98. The van der Waals surface area contributed by atoms with E-state index in [1.165, 1.54) is 10.8 Å². The van der Waals surface area contributed by atoms with Crippen molar-refractivity contribution in [3.8, 4) is 17.0 Å². The predicted octanol–water partition coefficient (Wildman–Crippen LogP) is 4.77. The Morgan fingerprint density at radius 1 is 1.14 bits per heavy atom. The number of cyclic esters (lactones) is 1. The third-order valence-electron chi connectivity index (χ3n) is 4.36. The molecule has 0 bridgehead atoms. The molecule has 0 amide bonds. The van der Waals surface area contributed by atoms with Gasteiger partial charge in [0, 0.05) is 43.3 Å².